The molecule has 1 heterocycles. The predicted octanol–water partition coefficient (Wildman–Crippen LogP) is 2.34. The molecule has 1 aliphatic rings. The normalized spacial score (nSPS) is 16.3. The fourth-order valence-electron chi connectivity index (χ4n) is 2.58. The van der Waals surface area contributed by atoms with Gasteiger partial charge < -0.3 is 10.3 Å². The van der Waals surface area contributed by atoms with Crippen molar-refractivity contribution >= 4 is 11.0 Å². The summed E-state index contributed by atoms with van der Waals surface area (Å²) in [6, 6.07) is 8.40. The first-order valence-corrected chi connectivity index (χ1v) is 6.52. The van der Waals surface area contributed by atoms with E-state index < -0.39 is 0 Å². The molecule has 1 aromatic carbocycles. The Morgan fingerprint density at radius 3 is 2.82 bits per heavy atom. The predicted molar refractivity (Wildman–Crippen MR) is 69.8 cm³/mol. The summed E-state index contributed by atoms with van der Waals surface area (Å²) in [5.74, 6) is 2.00. The van der Waals surface area contributed by atoms with Gasteiger partial charge in [0.15, 0.2) is 0 Å². The Morgan fingerprint density at radius 2 is 2.12 bits per heavy atom. The second-order valence-electron chi connectivity index (χ2n) is 4.96. The second kappa shape index (κ2) is 4.49. The van der Waals surface area contributed by atoms with Crippen molar-refractivity contribution in [2.75, 3.05) is 6.54 Å². The number of benzene rings is 1. The molecular formula is C14H19N3. The molecule has 1 saturated carbocycles. The van der Waals surface area contributed by atoms with E-state index in [0.717, 1.165) is 30.2 Å². The standard InChI is InChI=1S/C14H19N3/c15-9-8-14-16-12-6-1-2-7-13(12)17(14)10-11-4-3-5-11/h1-2,6-7,11H,3-5,8-10,15H2. The maximum absolute atomic E-state index is 5.68. The molecule has 1 fully saturated rings. The molecular weight excluding hydrogens is 210 g/mol. The van der Waals surface area contributed by atoms with Gasteiger partial charge >= 0.3 is 0 Å². The molecule has 90 valence electrons. The van der Waals surface area contributed by atoms with Crippen molar-refractivity contribution < 1.29 is 0 Å². The highest BCUT2D eigenvalue weighted by molar-refractivity contribution is 5.75. The molecule has 3 rings (SSSR count). The molecule has 0 bridgehead atoms. The van der Waals surface area contributed by atoms with Crippen LogP contribution in [0.25, 0.3) is 11.0 Å². The third-order valence-electron chi connectivity index (χ3n) is 3.77. The van der Waals surface area contributed by atoms with Crippen LogP contribution in [0.2, 0.25) is 0 Å². The average molecular weight is 229 g/mol. The number of aromatic nitrogens is 2. The molecule has 0 saturated heterocycles. The number of imidazole rings is 1. The Bertz CT molecular complexity index is 511. The highest BCUT2D eigenvalue weighted by Gasteiger charge is 2.20. The van der Waals surface area contributed by atoms with E-state index in [2.05, 4.69) is 28.8 Å². The minimum Gasteiger partial charge on any atom is -0.330 e. The van der Waals surface area contributed by atoms with Crippen LogP contribution in [-0.2, 0) is 13.0 Å². The number of nitrogens with zero attached hydrogens (tertiary/aromatic N) is 2. The zero-order valence-electron chi connectivity index (χ0n) is 10.1. The number of hydrogen-bond acceptors (Lipinski definition) is 2. The van der Waals surface area contributed by atoms with E-state index in [1.165, 1.54) is 24.8 Å². The van der Waals surface area contributed by atoms with E-state index in [4.69, 9.17) is 10.7 Å². The molecule has 0 aliphatic heterocycles. The van der Waals surface area contributed by atoms with E-state index >= 15 is 0 Å². The van der Waals surface area contributed by atoms with Crippen LogP contribution in [0.4, 0.5) is 0 Å². The first-order chi connectivity index (χ1) is 8.38. The fraction of sp³-hybridized carbons (Fsp3) is 0.500. The van der Waals surface area contributed by atoms with E-state index in [0.29, 0.717) is 6.54 Å². The van der Waals surface area contributed by atoms with Gasteiger partial charge in [-0.15, -0.1) is 0 Å². The van der Waals surface area contributed by atoms with Crippen molar-refractivity contribution in [2.24, 2.45) is 11.7 Å². The summed E-state index contributed by atoms with van der Waals surface area (Å²) in [6.07, 6.45) is 5.01. The van der Waals surface area contributed by atoms with Crippen molar-refractivity contribution in [1.29, 1.82) is 0 Å². The third kappa shape index (κ3) is 1.95. The summed E-state index contributed by atoms with van der Waals surface area (Å²) in [5.41, 5.74) is 8.05. The summed E-state index contributed by atoms with van der Waals surface area (Å²) in [5, 5.41) is 0. The third-order valence-corrected chi connectivity index (χ3v) is 3.77. The topological polar surface area (TPSA) is 43.8 Å². The molecule has 0 radical (unpaired) electrons. The summed E-state index contributed by atoms with van der Waals surface area (Å²) < 4.78 is 2.38. The van der Waals surface area contributed by atoms with Gasteiger partial charge in [0, 0.05) is 13.0 Å². The minimum absolute atomic E-state index is 0.675. The van der Waals surface area contributed by atoms with Crippen LogP contribution >= 0.6 is 0 Å². The van der Waals surface area contributed by atoms with Crippen LogP contribution in [0, 0.1) is 5.92 Å². The molecule has 2 N–H and O–H groups in total. The van der Waals surface area contributed by atoms with Gasteiger partial charge in [0.2, 0.25) is 0 Å². The smallest absolute Gasteiger partial charge is 0.111 e. The number of fused-ring (bicyclic) bond motifs is 1. The molecule has 3 heteroatoms. The van der Waals surface area contributed by atoms with Crippen LogP contribution in [0.3, 0.4) is 0 Å². The lowest BCUT2D eigenvalue weighted by Gasteiger charge is -2.26. The zero-order chi connectivity index (χ0) is 11.7. The SMILES string of the molecule is NCCc1nc2ccccc2n1CC1CCC1. The number of hydrogen-bond donors (Lipinski definition) is 1. The van der Waals surface area contributed by atoms with Crippen molar-refractivity contribution in [3.63, 3.8) is 0 Å². The average Bonchev–Trinajstić information content (AvgIpc) is 2.62. The molecule has 17 heavy (non-hydrogen) atoms. The van der Waals surface area contributed by atoms with Crippen LogP contribution in [-0.4, -0.2) is 16.1 Å². The maximum Gasteiger partial charge on any atom is 0.111 e. The van der Waals surface area contributed by atoms with Crippen LogP contribution in [0.15, 0.2) is 24.3 Å². The van der Waals surface area contributed by atoms with Gasteiger partial charge in [-0.25, -0.2) is 4.98 Å². The number of rotatable bonds is 4. The van der Waals surface area contributed by atoms with Crippen LogP contribution < -0.4 is 5.73 Å². The van der Waals surface area contributed by atoms with Crippen LogP contribution in [0.1, 0.15) is 25.1 Å². The van der Waals surface area contributed by atoms with Crippen molar-refractivity contribution in [1.82, 2.24) is 9.55 Å². The minimum atomic E-state index is 0.675. The second-order valence-corrected chi connectivity index (χ2v) is 4.96. The maximum atomic E-state index is 5.68. The Hall–Kier alpha value is -1.35. The number of nitrogens with two attached hydrogens (primary N) is 1. The van der Waals surface area contributed by atoms with E-state index in [9.17, 15) is 0 Å². The molecule has 0 atom stereocenters. The fourth-order valence-corrected chi connectivity index (χ4v) is 2.58. The van der Waals surface area contributed by atoms with Crippen molar-refractivity contribution in [2.45, 2.75) is 32.2 Å². The van der Waals surface area contributed by atoms with Crippen molar-refractivity contribution in [3.05, 3.63) is 30.1 Å². The summed E-state index contributed by atoms with van der Waals surface area (Å²) in [7, 11) is 0. The Morgan fingerprint density at radius 1 is 1.29 bits per heavy atom. The van der Waals surface area contributed by atoms with Gasteiger partial charge in [-0.05, 0) is 37.4 Å². The lowest BCUT2D eigenvalue weighted by Crippen LogP contribution is -2.20. The first kappa shape index (κ1) is 10.8. The van der Waals surface area contributed by atoms with E-state index in [1.54, 1.807) is 0 Å². The lowest BCUT2D eigenvalue weighted by molar-refractivity contribution is 0.276. The van der Waals surface area contributed by atoms with Crippen LogP contribution in [0.5, 0.6) is 0 Å². The summed E-state index contributed by atoms with van der Waals surface area (Å²) in [6.45, 7) is 1.80. The molecule has 3 nitrogen and oxygen atoms in total. The van der Waals surface area contributed by atoms with Gasteiger partial charge in [-0.1, -0.05) is 18.6 Å². The monoisotopic (exact) mass is 229 g/mol. The molecule has 0 amide bonds. The van der Waals surface area contributed by atoms with Crippen molar-refractivity contribution in [3.8, 4) is 0 Å². The molecule has 0 unspecified atom stereocenters. The number of para-hydroxylation sites is 2. The largest absolute Gasteiger partial charge is 0.330 e. The van der Waals surface area contributed by atoms with Gasteiger partial charge in [-0.2, -0.15) is 0 Å². The highest BCUT2D eigenvalue weighted by atomic mass is 15.1. The molecule has 1 aromatic heterocycles. The highest BCUT2D eigenvalue weighted by Crippen LogP contribution is 2.29. The zero-order valence-corrected chi connectivity index (χ0v) is 10.1. The summed E-state index contributed by atoms with van der Waals surface area (Å²) in [4.78, 5) is 4.70. The quantitative estimate of drug-likeness (QED) is 0.874. The van der Waals surface area contributed by atoms with Gasteiger partial charge in [0.05, 0.1) is 11.0 Å². The first-order valence-electron chi connectivity index (χ1n) is 6.52. The van der Waals surface area contributed by atoms with E-state index in [1.807, 2.05) is 0 Å². The molecule has 1 aliphatic carbocycles. The Kier molecular flexibility index (Phi) is 2.85. The summed E-state index contributed by atoms with van der Waals surface area (Å²) >= 11 is 0. The van der Waals surface area contributed by atoms with Gasteiger partial charge in [0.25, 0.3) is 0 Å². The van der Waals surface area contributed by atoms with Gasteiger partial charge in [-0.3, -0.25) is 0 Å². The lowest BCUT2D eigenvalue weighted by atomic mass is 9.85. The molecule has 0 spiro atoms. The van der Waals surface area contributed by atoms with E-state index in [-0.39, 0.29) is 0 Å². The molecule has 2 aromatic rings. The Balaban J connectivity index is 2.00. The Labute approximate surface area is 102 Å². The van der Waals surface area contributed by atoms with Gasteiger partial charge in [0.1, 0.15) is 5.82 Å².